The molecule has 1 aromatic carbocycles. The van der Waals surface area contributed by atoms with Gasteiger partial charge in [0.05, 0.1) is 10.8 Å². The number of likely N-dealkylation sites (N-methyl/N-ethyl adjacent to an activating group) is 1. The third-order valence-electron chi connectivity index (χ3n) is 7.04. The molecule has 0 aromatic heterocycles. The van der Waals surface area contributed by atoms with Gasteiger partial charge in [-0.1, -0.05) is 6.08 Å². The SMILES string of the molecule is Cc1cc([N+](=O)[O-])ccc1C1=CCN(C(=O)[C@@H]2[C@@H](C(=O)NO)CC3(CC3)CN2C)CC1. The summed E-state index contributed by atoms with van der Waals surface area (Å²) in [5, 5.41) is 20.2. The number of aryl methyl sites for hydroxylation is 1. The number of piperidine rings is 1. The van der Waals surface area contributed by atoms with Crippen LogP contribution in [0.2, 0.25) is 0 Å². The predicted molar refractivity (Wildman–Crippen MR) is 113 cm³/mol. The van der Waals surface area contributed by atoms with Gasteiger partial charge < -0.3 is 4.90 Å². The Morgan fingerprint density at radius 3 is 2.61 bits per heavy atom. The molecule has 0 bridgehead atoms. The van der Waals surface area contributed by atoms with Crippen LogP contribution in [0.3, 0.4) is 0 Å². The third kappa shape index (κ3) is 4.07. The van der Waals surface area contributed by atoms with Gasteiger partial charge >= 0.3 is 0 Å². The number of nitro benzene ring substituents is 1. The number of hydrogen-bond donors (Lipinski definition) is 2. The molecule has 31 heavy (non-hydrogen) atoms. The molecule has 2 aliphatic heterocycles. The van der Waals surface area contributed by atoms with Crippen LogP contribution in [0, 0.1) is 28.4 Å². The molecule has 1 spiro atoms. The quantitative estimate of drug-likeness (QED) is 0.431. The molecule has 2 fully saturated rings. The molecule has 3 aliphatic rings. The van der Waals surface area contributed by atoms with Crippen LogP contribution in [0.15, 0.2) is 24.3 Å². The number of hydroxylamine groups is 1. The van der Waals surface area contributed by atoms with Crippen molar-refractivity contribution in [3.63, 3.8) is 0 Å². The highest BCUT2D eigenvalue weighted by atomic mass is 16.6. The number of benzene rings is 1. The predicted octanol–water partition coefficient (Wildman–Crippen LogP) is 2.12. The molecule has 1 saturated heterocycles. The van der Waals surface area contributed by atoms with Gasteiger partial charge in [0.25, 0.3) is 5.69 Å². The number of nitrogens with one attached hydrogen (secondary N) is 1. The molecule has 2 N–H and O–H groups in total. The average Bonchev–Trinajstić information content (AvgIpc) is 3.50. The smallest absolute Gasteiger partial charge is 0.269 e. The van der Waals surface area contributed by atoms with Gasteiger partial charge in [0.2, 0.25) is 11.8 Å². The Bertz CT molecular complexity index is 955. The fourth-order valence-electron chi connectivity index (χ4n) is 5.22. The number of carbonyl (C=O) groups is 2. The van der Waals surface area contributed by atoms with E-state index >= 15 is 0 Å². The number of likely N-dealkylation sites (tertiary alicyclic amines) is 1. The molecule has 166 valence electrons. The van der Waals surface area contributed by atoms with Crippen molar-refractivity contribution in [2.45, 2.75) is 38.6 Å². The minimum atomic E-state index is -0.588. The zero-order valence-electron chi connectivity index (χ0n) is 17.8. The molecule has 2 heterocycles. The second-order valence-corrected chi connectivity index (χ2v) is 9.17. The Kier molecular flexibility index (Phi) is 5.57. The van der Waals surface area contributed by atoms with E-state index in [1.54, 1.807) is 22.5 Å². The van der Waals surface area contributed by atoms with Crippen molar-refractivity contribution >= 4 is 23.1 Å². The fourth-order valence-corrected chi connectivity index (χ4v) is 5.22. The molecule has 2 amide bonds. The van der Waals surface area contributed by atoms with Crippen LogP contribution in [0.4, 0.5) is 5.69 Å². The van der Waals surface area contributed by atoms with Crippen molar-refractivity contribution in [1.29, 1.82) is 0 Å². The maximum absolute atomic E-state index is 13.4. The summed E-state index contributed by atoms with van der Waals surface area (Å²) >= 11 is 0. The number of nitro groups is 1. The van der Waals surface area contributed by atoms with E-state index in [0.717, 1.165) is 36.1 Å². The first-order valence-corrected chi connectivity index (χ1v) is 10.6. The highest BCUT2D eigenvalue weighted by molar-refractivity contribution is 5.90. The maximum atomic E-state index is 13.4. The van der Waals surface area contributed by atoms with Crippen molar-refractivity contribution < 1.29 is 19.7 Å². The summed E-state index contributed by atoms with van der Waals surface area (Å²) in [5.74, 6) is -1.16. The van der Waals surface area contributed by atoms with Gasteiger partial charge in [0.1, 0.15) is 6.04 Å². The Morgan fingerprint density at radius 2 is 2.06 bits per heavy atom. The van der Waals surface area contributed by atoms with Gasteiger partial charge in [0.15, 0.2) is 0 Å². The van der Waals surface area contributed by atoms with Gasteiger partial charge in [0, 0.05) is 31.8 Å². The fraction of sp³-hybridized carbons (Fsp3) is 0.545. The molecule has 1 aliphatic carbocycles. The summed E-state index contributed by atoms with van der Waals surface area (Å²) in [7, 11) is 1.88. The van der Waals surface area contributed by atoms with Gasteiger partial charge in [-0.25, -0.2) is 5.48 Å². The van der Waals surface area contributed by atoms with Crippen molar-refractivity contribution in [1.82, 2.24) is 15.3 Å². The minimum absolute atomic E-state index is 0.0661. The summed E-state index contributed by atoms with van der Waals surface area (Å²) in [6, 6.07) is 4.25. The summed E-state index contributed by atoms with van der Waals surface area (Å²) in [6.45, 7) is 3.58. The Hall–Kier alpha value is -2.78. The van der Waals surface area contributed by atoms with E-state index in [1.165, 1.54) is 6.07 Å². The molecule has 4 rings (SSSR count). The lowest BCUT2D eigenvalue weighted by Crippen LogP contribution is -2.59. The van der Waals surface area contributed by atoms with Crippen LogP contribution in [0.1, 0.15) is 36.8 Å². The van der Waals surface area contributed by atoms with E-state index < -0.39 is 22.8 Å². The van der Waals surface area contributed by atoms with E-state index in [9.17, 15) is 24.9 Å². The Labute approximate surface area is 180 Å². The lowest BCUT2D eigenvalue weighted by atomic mass is 9.80. The first-order chi connectivity index (χ1) is 14.7. The van der Waals surface area contributed by atoms with Crippen molar-refractivity contribution in [2.24, 2.45) is 11.3 Å². The third-order valence-corrected chi connectivity index (χ3v) is 7.04. The number of non-ortho nitro benzene ring substituents is 1. The number of nitrogens with zero attached hydrogens (tertiary/aromatic N) is 3. The first-order valence-electron chi connectivity index (χ1n) is 10.6. The number of amides is 2. The van der Waals surface area contributed by atoms with Crippen molar-refractivity contribution in [2.75, 3.05) is 26.7 Å². The van der Waals surface area contributed by atoms with Gasteiger partial charge in [-0.2, -0.15) is 0 Å². The molecule has 0 unspecified atom stereocenters. The topological polar surface area (TPSA) is 116 Å². The van der Waals surface area contributed by atoms with Crippen LogP contribution in [0.25, 0.3) is 5.57 Å². The molecular formula is C22H28N4O5. The van der Waals surface area contributed by atoms with E-state index in [0.29, 0.717) is 25.9 Å². The lowest BCUT2D eigenvalue weighted by molar-refractivity contribution is -0.384. The second kappa shape index (κ2) is 8.05. The van der Waals surface area contributed by atoms with Crippen LogP contribution in [-0.4, -0.2) is 64.5 Å². The summed E-state index contributed by atoms with van der Waals surface area (Å²) in [4.78, 5) is 40.0. The Balaban J connectivity index is 1.50. The average molecular weight is 428 g/mol. The largest absolute Gasteiger partial charge is 0.337 e. The van der Waals surface area contributed by atoms with Crippen LogP contribution in [0.5, 0.6) is 0 Å². The molecular weight excluding hydrogens is 400 g/mol. The molecule has 0 radical (unpaired) electrons. The van der Waals surface area contributed by atoms with E-state index in [2.05, 4.69) is 0 Å². The number of rotatable bonds is 4. The monoisotopic (exact) mass is 428 g/mol. The highest BCUT2D eigenvalue weighted by Gasteiger charge is 2.55. The van der Waals surface area contributed by atoms with Gasteiger partial charge in [-0.05, 0) is 67.8 Å². The van der Waals surface area contributed by atoms with Gasteiger partial charge in [-0.3, -0.25) is 29.8 Å². The zero-order valence-corrected chi connectivity index (χ0v) is 17.8. The molecule has 9 nitrogen and oxygen atoms in total. The van der Waals surface area contributed by atoms with E-state index in [1.807, 2.05) is 24.9 Å². The first kappa shape index (κ1) is 21.5. The van der Waals surface area contributed by atoms with Crippen LogP contribution >= 0.6 is 0 Å². The second-order valence-electron chi connectivity index (χ2n) is 9.17. The van der Waals surface area contributed by atoms with Crippen molar-refractivity contribution in [3.05, 3.63) is 45.5 Å². The van der Waals surface area contributed by atoms with Crippen LogP contribution < -0.4 is 5.48 Å². The van der Waals surface area contributed by atoms with Gasteiger partial charge in [-0.15, -0.1) is 0 Å². The number of hydrogen-bond acceptors (Lipinski definition) is 6. The molecule has 2 atom stereocenters. The standard InChI is InChI=1S/C22H28N4O5/c1-14-11-16(26(30)31)3-4-17(14)15-5-9-25(10-6-15)21(28)19-18(20(27)23-29)12-22(7-8-22)13-24(19)2/h3-5,11,18-19,29H,6-10,12-13H2,1-2H3,(H,23,27)/t18-,19-/m0/s1. The summed E-state index contributed by atoms with van der Waals surface area (Å²) in [6.07, 6.45) is 5.36. The van der Waals surface area contributed by atoms with Crippen molar-refractivity contribution in [3.8, 4) is 0 Å². The normalized spacial score (nSPS) is 25.1. The number of carbonyl (C=O) groups excluding carboxylic acids is 2. The van der Waals surface area contributed by atoms with Crippen LogP contribution in [-0.2, 0) is 9.59 Å². The van der Waals surface area contributed by atoms with E-state index in [-0.39, 0.29) is 17.0 Å². The summed E-state index contributed by atoms with van der Waals surface area (Å²) < 4.78 is 0. The summed E-state index contributed by atoms with van der Waals surface area (Å²) in [5.41, 5.74) is 4.79. The minimum Gasteiger partial charge on any atom is -0.337 e. The Morgan fingerprint density at radius 1 is 1.32 bits per heavy atom. The lowest BCUT2D eigenvalue weighted by Gasteiger charge is -2.43. The molecule has 1 saturated carbocycles. The maximum Gasteiger partial charge on any atom is 0.269 e. The highest BCUT2D eigenvalue weighted by Crippen LogP contribution is 2.54. The molecule has 1 aromatic rings. The molecule has 9 heteroatoms. The zero-order chi connectivity index (χ0) is 22.3. The van der Waals surface area contributed by atoms with E-state index in [4.69, 9.17) is 0 Å².